The van der Waals surface area contributed by atoms with E-state index in [0.29, 0.717) is 17.9 Å². The van der Waals surface area contributed by atoms with Gasteiger partial charge in [-0.3, -0.25) is 4.79 Å². The Morgan fingerprint density at radius 1 is 1.48 bits per heavy atom. The first-order valence-corrected chi connectivity index (χ1v) is 7.67. The summed E-state index contributed by atoms with van der Waals surface area (Å²) in [4.78, 5) is 24.2. The van der Waals surface area contributed by atoms with Crippen molar-refractivity contribution in [3.63, 3.8) is 0 Å². The number of aryl methyl sites for hydroxylation is 1. The molecule has 0 saturated carbocycles. The van der Waals surface area contributed by atoms with Gasteiger partial charge in [0.1, 0.15) is 11.9 Å². The second-order valence-electron chi connectivity index (χ2n) is 4.34. The monoisotopic (exact) mass is 313 g/mol. The fourth-order valence-corrected chi connectivity index (χ4v) is 2.84. The first-order chi connectivity index (χ1) is 9.92. The number of H-pyrrole nitrogens is 2. The molecule has 2 heterocycles. The van der Waals surface area contributed by atoms with Crippen LogP contribution in [0.25, 0.3) is 0 Å². The lowest BCUT2D eigenvalue weighted by molar-refractivity contribution is -0.138. The summed E-state index contributed by atoms with van der Waals surface area (Å²) in [6, 6.07) is -1.30. The zero-order valence-corrected chi connectivity index (χ0v) is 12.0. The highest BCUT2D eigenvalue weighted by molar-refractivity contribution is 7.89. The van der Waals surface area contributed by atoms with E-state index < -0.39 is 22.0 Å². The van der Waals surface area contributed by atoms with E-state index >= 15 is 0 Å². The molecule has 0 aliphatic rings. The molecule has 21 heavy (non-hydrogen) atoms. The highest BCUT2D eigenvalue weighted by atomic mass is 32.2. The fourth-order valence-electron chi connectivity index (χ4n) is 1.71. The molecule has 0 radical (unpaired) electrons. The van der Waals surface area contributed by atoms with E-state index in [1.807, 2.05) is 6.92 Å². The van der Waals surface area contributed by atoms with Gasteiger partial charge in [0.15, 0.2) is 5.03 Å². The number of carbonyl (C=O) groups is 1. The van der Waals surface area contributed by atoms with Gasteiger partial charge in [-0.25, -0.2) is 18.4 Å². The van der Waals surface area contributed by atoms with Gasteiger partial charge in [-0.05, 0) is 0 Å². The molecular formula is C11H15N5O4S. The van der Waals surface area contributed by atoms with Crippen LogP contribution in [0, 0.1) is 0 Å². The Labute approximate surface area is 120 Å². The normalized spacial score (nSPS) is 13.2. The average molecular weight is 313 g/mol. The number of aromatic nitrogens is 4. The minimum absolute atomic E-state index is 0.0384. The number of sulfonamides is 1. The molecule has 0 fully saturated rings. The number of carboxylic acids is 1. The van der Waals surface area contributed by atoms with Crippen molar-refractivity contribution in [3.8, 4) is 0 Å². The van der Waals surface area contributed by atoms with Gasteiger partial charge in [0.05, 0.1) is 12.5 Å². The first-order valence-electron chi connectivity index (χ1n) is 6.18. The van der Waals surface area contributed by atoms with Gasteiger partial charge in [-0.1, -0.05) is 6.92 Å². The van der Waals surface area contributed by atoms with E-state index in [1.165, 1.54) is 12.5 Å². The maximum absolute atomic E-state index is 12.1. The molecule has 0 aromatic carbocycles. The summed E-state index contributed by atoms with van der Waals surface area (Å²) in [7, 11) is -3.98. The molecular weight excluding hydrogens is 298 g/mol. The number of hydrogen-bond donors (Lipinski definition) is 4. The number of nitrogens with one attached hydrogen (secondary N) is 3. The Kier molecular flexibility index (Phi) is 4.38. The van der Waals surface area contributed by atoms with E-state index in [-0.39, 0.29) is 11.4 Å². The van der Waals surface area contributed by atoms with Crippen LogP contribution < -0.4 is 4.72 Å². The number of nitrogens with zero attached hydrogens (tertiary/aromatic N) is 2. The first kappa shape index (κ1) is 15.2. The summed E-state index contributed by atoms with van der Waals surface area (Å²) < 4.78 is 26.4. The molecule has 0 spiro atoms. The van der Waals surface area contributed by atoms with E-state index in [1.54, 1.807) is 0 Å². The van der Waals surface area contributed by atoms with Crippen molar-refractivity contribution in [3.05, 3.63) is 30.2 Å². The van der Waals surface area contributed by atoms with Crippen LogP contribution in [-0.4, -0.2) is 45.5 Å². The maximum Gasteiger partial charge on any atom is 0.322 e. The van der Waals surface area contributed by atoms with Crippen LogP contribution >= 0.6 is 0 Å². The number of hydrogen-bond acceptors (Lipinski definition) is 5. The topological polar surface area (TPSA) is 141 Å². The van der Waals surface area contributed by atoms with Gasteiger partial charge in [-0.2, -0.15) is 4.72 Å². The van der Waals surface area contributed by atoms with Crippen molar-refractivity contribution in [1.82, 2.24) is 24.7 Å². The third-order valence-corrected chi connectivity index (χ3v) is 4.19. The minimum Gasteiger partial charge on any atom is -0.480 e. The fraction of sp³-hybridized carbons (Fsp3) is 0.364. The van der Waals surface area contributed by atoms with Gasteiger partial charge >= 0.3 is 5.97 Å². The summed E-state index contributed by atoms with van der Waals surface area (Å²) in [6.45, 7) is 1.82. The van der Waals surface area contributed by atoms with E-state index in [2.05, 4.69) is 24.7 Å². The highest BCUT2D eigenvalue weighted by Crippen LogP contribution is 2.08. The van der Waals surface area contributed by atoms with Crippen LogP contribution in [0.15, 0.2) is 23.7 Å². The Morgan fingerprint density at radius 3 is 2.76 bits per heavy atom. The predicted molar refractivity (Wildman–Crippen MR) is 72.0 cm³/mol. The highest BCUT2D eigenvalue weighted by Gasteiger charge is 2.27. The molecule has 0 bridgehead atoms. The number of aromatic amines is 2. The molecule has 114 valence electrons. The van der Waals surface area contributed by atoms with Gasteiger partial charge in [0.2, 0.25) is 0 Å². The van der Waals surface area contributed by atoms with Crippen LogP contribution in [0.5, 0.6) is 0 Å². The smallest absolute Gasteiger partial charge is 0.322 e. The number of imidazole rings is 2. The average Bonchev–Trinajstić information content (AvgIpc) is 3.08. The Balaban J connectivity index is 2.17. The molecule has 4 N–H and O–H groups in total. The number of carboxylic acid groups (broad SMARTS) is 1. The van der Waals surface area contributed by atoms with Gasteiger partial charge in [0, 0.05) is 24.7 Å². The molecule has 2 aromatic heterocycles. The minimum atomic E-state index is -3.98. The van der Waals surface area contributed by atoms with Crippen molar-refractivity contribution in [2.24, 2.45) is 0 Å². The van der Waals surface area contributed by atoms with Crippen LogP contribution in [0.4, 0.5) is 0 Å². The van der Waals surface area contributed by atoms with E-state index in [4.69, 9.17) is 5.11 Å². The Morgan fingerprint density at radius 2 is 2.24 bits per heavy atom. The molecule has 1 atom stereocenters. The van der Waals surface area contributed by atoms with E-state index in [9.17, 15) is 13.2 Å². The zero-order valence-electron chi connectivity index (χ0n) is 11.2. The van der Waals surface area contributed by atoms with Crippen molar-refractivity contribution in [1.29, 1.82) is 0 Å². The van der Waals surface area contributed by atoms with E-state index in [0.717, 1.165) is 6.20 Å². The van der Waals surface area contributed by atoms with Crippen LogP contribution in [0.2, 0.25) is 0 Å². The summed E-state index contributed by atoms with van der Waals surface area (Å²) in [5.74, 6) is -0.765. The summed E-state index contributed by atoms with van der Waals surface area (Å²) in [5, 5.41) is 8.99. The summed E-state index contributed by atoms with van der Waals surface area (Å²) in [5.41, 5.74) is 0.518. The quantitative estimate of drug-likeness (QED) is 0.551. The number of rotatable bonds is 7. The van der Waals surface area contributed by atoms with Crippen LogP contribution in [0.1, 0.15) is 18.4 Å². The largest absolute Gasteiger partial charge is 0.480 e. The maximum atomic E-state index is 12.1. The van der Waals surface area contributed by atoms with Gasteiger partial charge in [-0.15, -0.1) is 0 Å². The molecule has 9 nitrogen and oxygen atoms in total. The summed E-state index contributed by atoms with van der Waals surface area (Å²) >= 11 is 0. The zero-order chi connectivity index (χ0) is 15.5. The van der Waals surface area contributed by atoms with Crippen molar-refractivity contribution in [2.75, 3.05) is 0 Å². The number of aliphatic carboxylic acids is 1. The lowest BCUT2D eigenvalue weighted by atomic mass is 10.2. The molecule has 2 aromatic rings. The molecule has 2 rings (SSSR count). The second kappa shape index (κ2) is 6.06. The van der Waals surface area contributed by atoms with Crippen LogP contribution in [0.3, 0.4) is 0 Å². The molecule has 0 saturated heterocycles. The standard InChI is InChI=1S/C11H15N5O4S/c1-2-9-13-5-10(15-9)21(19,20)16-8(11(17)18)3-7-4-12-6-14-7/h4-6,8,16H,2-3H2,1H3,(H,12,14)(H,13,15)(H,17,18)/t8-/m1/s1. The molecule has 0 unspecified atom stereocenters. The predicted octanol–water partition coefficient (Wildman–Crippen LogP) is -0.331. The molecule has 0 aliphatic heterocycles. The SMILES string of the molecule is CCc1ncc(S(=O)(=O)N[C@H](Cc2cnc[nH]2)C(=O)O)[nH]1. The second-order valence-corrected chi connectivity index (χ2v) is 6.02. The van der Waals surface area contributed by atoms with Gasteiger partial charge in [0.25, 0.3) is 10.0 Å². The van der Waals surface area contributed by atoms with Crippen LogP contribution in [-0.2, 0) is 27.7 Å². The van der Waals surface area contributed by atoms with Crippen molar-refractivity contribution >= 4 is 16.0 Å². The third kappa shape index (κ3) is 3.67. The molecule has 0 amide bonds. The van der Waals surface area contributed by atoms with Crippen molar-refractivity contribution in [2.45, 2.75) is 30.8 Å². The van der Waals surface area contributed by atoms with Crippen molar-refractivity contribution < 1.29 is 18.3 Å². The van der Waals surface area contributed by atoms with Gasteiger partial charge < -0.3 is 15.1 Å². The lowest BCUT2D eigenvalue weighted by Gasteiger charge is -2.12. The molecule has 0 aliphatic carbocycles. The summed E-state index contributed by atoms with van der Waals surface area (Å²) in [6.07, 6.45) is 4.51. The Bertz CT molecular complexity index is 707. The molecule has 10 heteroatoms. The Hall–Kier alpha value is -2.20. The third-order valence-electron chi connectivity index (χ3n) is 2.80. The lowest BCUT2D eigenvalue weighted by Crippen LogP contribution is -2.42.